The van der Waals surface area contributed by atoms with Crippen molar-refractivity contribution in [3.8, 4) is 0 Å². The van der Waals surface area contributed by atoms with Crippen LogP contribution in [0.2, 0.25) is 0 Å². The lowest BCUT2D eigenvalue weighted by molar-refractivity contribution is 0.187. The van der Waals surface area contributed by atoms with Crippen molar-refractivity contribution in [1.82, 2.24) is 25.4 Å². The Labute approximate surface area is 209 Å². The van der Waals surface area contributed by atoms with Crippen LogP contribution in [0.1, 0.15) is 31.7 Å². The molecule has 3 rings (SSSR count). The van der Waals surface area contributed by atoms with Crippen LogP contribution in [-0.2, 0) is 17.7 Å². The summed E-state index contributed by atoms with van der Waals surface area (Å²) < 4.78 is 7.59. The number of halogens is 1. The van der Waals surface area contributed by atoms with Gasteiger partial charge in [0.15, 0.2) is 5.96 Å². The Morgan fingerprint density at radius 2 is 2.12 bits per heavy atom. The summed E-state index contributed by atoms with van der Waals surface area (Å²) in [6.45, 7) is 13.2. The molecule has 1 aromatic heterocycles. The molecular formula is C23H38IN7O. The molecule has 1 fully saturated rings. The zero-order valence-electron chi connectivity index (χ0n) is 19.6. The van der Waals surface area contributed by atoms with Gasteiger partial charge in [0.05, 0.1) is 6.61 Å². The summed E-state index contributed by atoms with van der Waals surface area (Å²) in [5, 5.41) is 15.2. The van der Waals surface area contributed by atoms with Crippen LogP contribution in [0.3, 0.4) is 0 Å². The van der Waals surface area contributed by atoms with Crippen molar-refractivity contribution < 1.29 is 4.74 Å². The molecule has 2 heterocycles. The molecule has 1 aliphatic rings. The van der Waals surface area contributed by atoms with Crippen molar-refractivity contribution in [2.45, 2.75) is 40.2 Å². The van der Waals surface area contributed by atoms with Crippen molar-refractivity contribution in [3.63, 3.8) is 0 Å². The van der Waals surface area contributed by atoms with E-state index in [2.05, 4.69) is 75.3 Å². The fourth-order valence-corrected chi connectivity index (χ4v) is 3.76. The fourth-order valence-electron chi connectivity index (χ4n) is 3.76. The standard InChI is InChI=1S/C23H37N7O.HI/c1-4-22-28-27-18-30(22)13-11-25-23(26-16-20-9-14-31-17-20)24-10-12-29(5-2)21-8-6-7-19(3)15-21;/h6-8,15,18,20H,4-5,9-14,16-17H2,1-3H3,(H2,24,25,26);1H. The Morgan fingerprint density at radius 1 is 1.28 bits per heavy atom. The molecule has 0 amide bonds. The number of likely N-dealkylation sites (N-methyl/N-ethyl adjacent to an activating group) is 1. The molecule has 1 unspecified atom stereocenters. The number of anilines is 1. The Bertz CT molecular complexity index is 820. The van der Waals surface area contributed by atoms with Gasteiger partial charge in [0.25, 0.3) is 0 Å². The van der Waals surface area contributed by atoms with Crippen molar-refractivity contribution in [2.75, 3.05) is 50.8 Å². The number of benzene rings is 1. The number of aromatic nitrogens is 3. The molecular weight excluding hydrogens is 517 g/mol. The SMILES string of the molecule is CCc1nncn1CCNC(=NCC1CCOC1)NCCN(CC)c1cccc(C)c1.I. The Balaban J connectivity index is 0.00000363. The third kappa shape index (κ3) is 8.23. The van der Waals surface area contributed by atoms with E-state index >= 15 is 0 Å². The summed E-state index contributed by atoms with van der Waals surface area (Å²) in [5.74, 6) is 2.38. The summed E-state index contributed by atoms with van der Waals surface area (Å²) >= 11 is 0. The Hall–Kier alpha value is -1.88. The lowest BCUT2D eigenvalue weighted by atomic mass is 10.1. The van der Waals surface area contributed by atoms with Crippen LogP contribution in [-0.4, -0.2) is 66.7 Å². The maximum atomic E-state index is 5.50. The first-order chi connectivity index (χ1) is 15.2. The number of aryl methyl sites for hydroxylation is 2. The quantitative estimate of drug-likeness (QED) is 0.252. The highest BCUT2D eigenvalue weighted by atomic mass is 127. The lowest BCUT2D eigenvalue weighted by Gasteiger charge is -2.24. The van der Waals surface area contributed by atoms with Gasteiger partial charge in [0.2, 0.25) is 0 Å². The van der Waals surface area contributed by atoms with Crippen molar-refractivity contribution in [2.24, 2.45) is 10.9 Å². The van der Waals surface area contributed by atoms with Gasteiger partial charge >= 0.3 is 0 Å². The first kappa shape index (κ1) is 26.4. The summed E-state index contributed by atoms with van der Waals surface area (Å²) in [5.41, 5.74) is 2.55. The number of ether oxygens (including phenoxy) is 1. The molecule has 0 bridgehead atoms. The van der Waals surface area contributed by atoms with Gasteiger partial charge in [-0.25, -0.2) is 0 Å². The van der Waals surface area contributed by atoms with E-state index in [9.17, 15) is 0 Å². The highest BCUT2D eigenvalue weighted by molar-refractivity contribution is 14.0. The van der Waals surface area contributed by atoms with Gasteiger partial charge in [-0.2, -0.15) is 0 Å². The summed E-state index contributed by atoms with van der Waals surface area (Å²) in [6.07, 6.45) is 3.77. The number of nitrogens with one attached hydrogen (secondary N) is 2. The van der Waals surface area contributed by atoms with Crippen LogP contribution >= 0.6 is 24.0 Å². The van der Waals surface area contributed by atoms with E-state index in [-0.39, 0.29) is 24.0 Å². The fraction of sp³-hybridized carbons (Fsp3) is 0.609. The van der Waals surface area contributed by atoms with Crippen LogP contribution in [0, 0.1) is 12.8 Å². The smallest absolute Gasteiger partial charge is 0.191 e. The maximum absolute atomic E-state index is 5.50. The molecule has 0 saturated carbocycles. The van der Waals surface area contributed by atoms with Crippen LogP contribution in [0.5, 0.6) is 0 Å². The van der Waals surface area contributed by atoms with Crippen LogP contribution < -0.4 is 15.5 Å². The number of nitrogens with zero attached hydrogens (tertiary/aromatic N) is 5. The zero-order chi connectivity index (χ0) is 21.9. The van der Waals surface area contributed by atoms with Gasteiger partial charge in [0.1, 0.15) is 12.2 Å². The normalized spacial score (nSPS) is 16.0. The number of guanidine groups is 1. The van der Waals surface area contributed by atoms with Crippen LogP contribution in [0.4, 0.5) is 5.69 Å². The topological polar surface area (TPSA) is 79.6 Å². The van der Waals surface area contributed by atoms with Gasteiger partial charge in [-0.15, -0.1) is 34.2 Å². The van der Waals surface area contributed by atoms with Crippen molar-refractivity contribution in [3.05, 3.63) is 42.0 Å². The molecule has 1 aromatic carbocycles. The van der Waals surface area contributed by atoms with E-state index < -0.39 is 0 Å². The highest BCUT2D eigenvalue weighted by Crippen LogP contribution is 2.15. The molecule has 2 aromatic rings. The molecule has 0 radical (unpaired) electrons. The monoisotopic (exact) mass is 555 g/mol. The van der Waals surface area contributed by atoms with Crippen LogP contribution in [0.15, 0.2) is 35.6 Å². The van der Waals surface area contributed by atoms with Gasteiger partial charge < -0.3 is 24.8 Å². The first-order valence-electron chi connectivity index (χ1n) is 11.5. The molecule has 2 N–H and O–H groups in total. The van der Waals surface area contributed by atoms with Gasteiger partial charge in [-0.3, -0.25) is 4.99 Å². The minimum Gasteiger partial charge on any atom is -0.381 e. The van der Waals surface area contributed by atoms with E-state index in [1.54, 1.807) is 6.33 Å². The predicted molar refractivity (Wildman–Crippen MR) is 141 cm³/mol. The van der Waals surface area contributed by atoms with E-state index in [1.807, 2.05) is 0 Å². The minimum absolute atomic E-state index is 0. The van der Waals surface area contributed by atoms with E-state index in [0.717, 1.165) is 77.1 Å². The van der Waals surface area contributed by atoms with Gasteiger partial charge in [-0.05, 0) is 38.0 Å². The van der Waals surface area contributed by atoms with E-state index in [1.165, 1.54) is 11.3 Å². The maximum Gasteiger partial charge on any atom is 0.191 e. The highest BCUT2D eigenvalue weighted by Gasteiger charge is 2.15. The largest absolute Gasteiger partial charge is 0.381 e. The number of hydrogen-bond donors (Lipinski definition) is 2. The molecule has 9 heteroatoms. The molecule has 0 aliphatic carbocycles. The summed E-state index contributed by atoms with van der Waals surface area (Å²) in [4.78, 5) is 7.21. The number of rotatable bonds is 11. The minimum atomic E-state index is 0. The molecule has 1 saturated heterocycles. The molecule has 32 heavy (non-hydrogen) atoms. The third-order valence-corrected chi connectivity index (χ3v) is 5.61. The van der Waals surface area contributed by atoms with Gasteiger partial charge in [-0.1, -0.05) is 19.1 Å². The molecule has 8 nitrogen and oxygen atoms in total. The first-order valence-corrected chi connectivity index (χ1v) is 11.5. The average Bonchev–Trinajstić information content (AvgIpc) is 3.46. The predicted octanol–water partition coefficient (Wildman–Crippen LogP) is 2.87. The van der Waals surface area contributed by atoms with E-state index in [4.69, 9.17) is 9.73 Å². The van der Waals surface area contributed by atoms with Crippen molar-refractivity contribution in [1.29, 1.82) is 0 Å². The molecule has 1 aliphatic heterocycles. The molecule has 178 valence electrons. The molecule has 1 atom stereocenters. The van der Waals surface area contributed by atoms with Crippen molar-refractivity contribution >= 4 is 35.6 Å². The summed E-state index contributed by atoms with van der Waals surface area (Å²) in [6, 6.07) is 8.67. The second-order valence-electron chi connectivity index (χ2n) is 7.99. The second-order valence-corrected chi connectivity index (χ2v) is 7.99. The van der Waals surface area contributed by atoms with E-state index in [0.29, 0.717) is 5.92 Å². The number of aliphatic imine (C=N–C) groups is 1. The second kappa shape index (κ2) is 14.3. The average molecular weight is 556 g/mol. The third-order valence-electron chi connectivity index (χ3n) is 5.61. The lowest BCUT2D eigenvalue weighted by Crippen LogP contribution is -2.43. The number of hydrogen-bond acceptors (Lipinski definition) is 5. The molecule has 0 spiro atoms. The Morgan fingerprint density at radius 3 is 2.84 bits per heavy atom. The van der Waals surface area contributed by atoms with Crippen LogP contribution in [0.25, 0.3) is 0 Å². The zero-order valence-corrected chi connectivity index (χ0v) is 21.9. The summed E-state index contributed by atoms with van der Waals surface area (Å²) in [7, 11) is 0. The van der Waals surface area contributed by atoms with Gasteiger partial charge in [0, 0.05) is 63.9 Å². The Kier molecular flexibility index (Phi) is 11.8.